The zero-order valence-electron chi connectivity index (χ0n) is 15.0. The first-order valence-electron chi connectivity index (χ1n) is 8.65. The lowest BCUT2D eigenvalue weighted by Crippen LogP contribution is -2.50. The van der Waals surface area contributed by atoms with Gasteiger partial charge in [-0.1, -0.05) is 59.6 Å². The summed E-state index contributed by atoms with van der Waals surface area (Å²) in [6, 6.07) is 19.9. The van der Waals surface area contributed by atoms with Gasteiger partial charge in [-0.25, -0.2) is 13.2 Å². The van der Waals surface area contributed by atoms with Crippen molar-refractivity contribution in [3.8, 4) is 0 Å². The van der Waals surface area contributed by atoms with E-state index < -0.39 is 16.1 Å². The number of sulfonamides is 1. The number of amides is 2. The van der Waals surface area contributed by atoms with E-state index in [0.29, 0.717) is 10.7 Å². The maximum atomic E-state index is 13.3. The molecular weight excluding hydrogens is 396 g/mol. The maximum Gasteiger partial charge on any atom is 0.343 e. The number of para-hydroxylation sites is 1. The highest BCUT2D eigenvalue weighted by Gasteiger charge is 2.42. The van der Waals surface area contributed by atoms with Crippen LogP contribution in [0.4, 0.5) is 16.2 Å². The van der Waals surface area contributed by atoms with Gasteiger partial charge in [0.15, 0.2) is 0 Å². The van der Waals surface area contributed by atoms with E-state index in [4.69, 9.17) is 11.6 Å². The highest BCUT2D eigenvalue weighted by atomic mass is 35.5. The van der Waals surface area contributed by atoms with Crippen molar-refractivity contribution >= 4 is 39.0 Å². The van der Waals surface area contributed by atoms with Gasteiger partial charge in [-0.2, -0.15) is 4.31 Å². The molecular formula is C21H17ClN2O3S. The van der Waals surface area contributed by atoms with Gasteiger partial charge >= 0.3 is 6.03 Å². The summed E-state index contributed by atoms with van der Waals surface area (Å²) in [7, 11) is -4.05. The third kappa shape index (κ3) is 3.15. The lowest BCUT2D eigenvalue weighted by Gasteiger charge is -2.36. The van der Waals surface area contributed by atoms with Gasteiger partial charge in [0.2, 0.25) is 0 Å². The topological polar surface area (TPSA) is 57.7 Å². The van der Waals surface area contributed by atoms with Crippen molar-refractivity contribution in [3.05, 3.63) is 88.9 Å². The van der Waals surface area contributed by atoms with Crippen molar-refractivity contribution in [2.45, 2.75) is 18.4 Å². The monoisotopic (exact) mass is 412 g/mol. The first-order valence-corrected chi connectivity index (χ1v) is 10.5. The summed E-state index contributed by atoms with van der Waals surface area (Å²) in [5.74, 6) is 0. The van der Waals surface area contributed by atoms with Crippen LogP contribution in [0, 0.1) is 6.92 Å². The fourth-order valence-electron chi connectivity index (χ4n) is 3.31. The molecule has 0 fully saturated rings. The second-order valence-corrected chi connectivity index (χ2v) is 8.77. The first kappa shape index (κ1) is 18.5. The summed E-state index contributed by atoms with van der Waals surface area (Å²) in [6.45, 7) is 2.22. The normalized spacial score (nSPS) is 15.4. The average molecular weight is 413 g/mol. The Hall–Kier alpha value is -2.83. The molecule has 0 saturated heterocycles. The first-order chi connectivity index (χ1) is 13.4. The molecule has 5 nitrogen and oxygen atoms in total. The molecule has 28 heavy (non-hydrogen) atoms. The van der Waals surface area contributed by atoms with Crippen LogP contribution in [-0.4, -0.2) is 14.4 Å². The molecule has 1 heterocycles. The Morgan fingerprint density at radius 1 is 0.929 bits per heavy atom. The summed E-state index contributed by atoms with van der Waals surface area (Å²) < 4.78 is 27.2. The molecule has 142 valence electrons. The molecule has 0 unspecified atom stereocenters. The van der Waals surface area contributed by atoms with Gasteiger partial charge in [0.1, 0.15) is 4.90 Å². The number of hydrogen-bond acceptors (Lipinski definition) is 3. The van der Waals surface area contributed by atoms with Crippen LogP contribution in [0.1, 0.15) is 11.1 Å². The van der Waals surface area contributed by atoms with Gasteiger partial charge in [0, 0.05) is 5.02 Å². The molecule has 0 aromatic heterocycles. The lowest BCUT2D eigenvalue weighted by atomic mass is 10.1. The van der Waals surface area contributed by atoms with Crippen LogP contribution < -0.4 is 9.21 Å². The number of carbonyl (C=O) groups excluding carboxylic acids is 1. The van der Waals surface area contributed by atoms with Gasteiger partial charge in [-0.15, -0.1) is 0 Å². The standard InChI is InChI=1S/C21H17ClN2O3S/c1-15-6-4-7-16(12-15)14-23-19-10-2-3-11-20(19)28(26,27)24(21(23)25)18-9-5-8-17(22)13-18/h2-13H,14H2,1H3. The molecule has 7 heteroatoms. The molecule has 2 amide bonds. The fourth-order valence-corrected chi connectivity index (χ4v) is 5.08. The molecule has 4 rings (SSSR count). The number of aryl methyl sites for hydroxylation is 1. The minimum absolute atomic E-state index is 0.0854. The Labute approximate surface area is 168 Å². The highest BCUT2D eigenvalue weighted by Crippen LogP contribution is 2.38. The number of rotatable bonds is 3. The smallest absolute Gasteiger partial charge is 0.287 e. The quantitative estimate of drug-likeness (QED) is 0.609. The fraction of sp³-hybridized carbons (Fsp3) is 0.0952. The van der Waals surface area contributed by atoms with E-state index >= 15 is 0 Å². The SMILES string of the molecule is Cc1cccc(CN2C(=O)N(c3cccc(Cl)c3)S(=O)(=O)c3ccccc32)c1. The summed E-state index contributed by atoms with van der Waals surface area (Å²) in [5, 5.41) is 0.351. The van der Waals surface area contributed by atoms with E-state index in [1.54, 1.807) is 36.4 Å². The summed E-state index contributed by atoms with van der Waals surface area (Å²) in [6.07, 6.45) is 0. The van der Waals surface area contributed by atoms with Crippen molar-refractivity contribution in [1.82, 2.24) is 0 Å². The maximum absolute atomic E-state index is 13.3. The molecule has 0 aliphatic carbocycles. The molecule has 3 aromatic carbocycles. The Bertz CT molecular complexity index is 1180. The number of hydrogen-bond donors (Lipinski definition) is 0. The van der Waals surface area contributed by atoms with Crippen molar-refractivity contribution in [3.63, 3.8) is 0 Å². The minimum atomic E-state index is -4.05. The van der Waals surface area contributed by atoms with E-state index in [-0.39, 0.29) is 17.1 Å². The predicted octanol–water partition coefficient (Wildman–Crippen LogP) is 4.98. The van der Waals surface area contributed by atoms with Crippen molar-refractivity contribution in [2.75, 3.05) is 9.21 Å². The van der Waals surface area contributed by atoms with Gasteiger partial charge in [0.25, 0.3) is 10.0 Å². The van der Waals surface area contributed by atoms with Gasteiger partial charge < -0.3 is 0 Å². The van der Waals surface area contributed by atoms with Crippen LogP contribution in [0.3, 0.4) is 0 Å². The van der Waals surface area contributed by atoms with Gasteiger partial charge in [0.05, 0.1) is 17.9 Å². The molecule has 0 bridgehead atoms. The lowest BCUT2D eigenvalue weighted by molar-refractivity contribution is 0.253. The number of urea groups is 1. The Morgan fingerprint density at radius 3 is 2.43 bits per heavy atom. The molecule has 0 spiro atoms. The van der Waals surface area contributed by atoms with Crippen molar-refractivity contribution in [2.24, 2.45) is 0 Å². The Morgan fingerprint density at radius 2 is 1.68 bits per heavy atom. The van der Waals surface area contributed by atoms with Crippen LogP contribution in [0.5, 0.6) is 0 Å². The summed E-state index contributed by atoms with van der Waals surface area (Å²) in [5.41, 5.74) is 2.55. The molecule has 3 aromatic rings. The number of fused-ring (bicyclic) bond motifs is 1. The van der Waals surface area contributed by atoms with Gasteiger partial charge in [-0.05, 0) is 42.8 Å². The van der Waals surface area contributed by atoms with Crippen LogP contribution in [0.25, 0.3) is 0 Å². The highest BCUT2D eigenvalue weighted by molar-refractivity contribution is 7.94. The van der Waals surface area contributed by atoms with E-state index in [0.717, 1.165) is 15.4 Å². The molecule has 0 radical (unpaired) electrons. The second kappa shape index (κ2) is 6.96. The Kier molecular flexibility index (Phi) is 4.61. The number of anilines is 2. The number of carbonyl (C=O) groups is 1. The Balaban J connectivity index is 1.88. The number of halogens is 1. The van der Waals surface area contributed by atoms with E-state index in [9.17, 15) is 13.2 Å². The number of nitrogens with zero attached hydrogens (tertiary/aromatic N) is 2. The molecule has 1 aliphatic rings. The molecule has 0 saturated carbocycles. The van der Waals surface area contributed by atoms with E-state index in [2.05, 4.69) is 0 Å². The van der Waals surface area contributed by atoms with Crippen LogP contribution >= 0.6 is 11.6 Å². The summed E-state index contributed by atoms with van der Waals surface area (Å²) in [4.78, 5) is 14.9. The molecule has 0 N–H and O–H groups in total. The molecule has 1 aliphatic heterocycles. The van der Waals surface area contributed by atoms with Gasteiger partial charge in [-0.3, -0.25) is 4.90 Å². The minimum Gasteiger partial charge on any atom is -0.287 e. The summed E-state index contributed by atoms with van der Waals surface area (Å²) >= 11 is 6.04. The van der Waals surface area contributed by atoms with E-state index in [1.807, 2.05) is 31.2 Å². The average Bonchev–Trinajstić information content (AvgIpc) is 2.65. The van der Waals surface area contributed by atoms with Crippen molar-refractivity contribution in [1.29, 1.82) is 0 Å². The van der Waals surface area contributed by atoms with E-state index in [1.165, 1.54) is 17.0 Å². The molecule has 0 atom stereocenters. The third-order valence-electron chi connectivity index (χ3n) is 4.54. The zero-order chi connectivity index (χ0) is 19.9. The number of benzene rings is 3. The van der Waals surface area contributed by atoms with Crippen molar-refractivity contribution < 1.29 is 13.2 Å². The third-order valence-corrected chi connectivity index (χ3v) is 6.53. The zero-order valence-corrected chi connectivity index (χ0v) is 16.6. The predicted molar refractivity (Wildman–Crippen MR) is 110 cm³/mol. The largest absolute Gasteiger partial charge is 0.343 e. The van der Waals surface area contributed by atoms with Crippen LogP contribution in [0.15, 0.2) is 77.7 Å². The van der Waals surface area contributed by atoms with Crippen LogP contribution in [-0.2, 0) is 16.6 Å². The second-order valence-electron chi connectivity index (χ2n) is 6.57. The van der Waals surface area contributed by atoms with Crippen LogP contribution in [0.2, 0.25) is 5.02 Å².